The van der Waals surface area contributed by atoms with Crippen LogP contribution in [0.2, 0.25) is 0 Å². The molecule has 1 unspecified atom stereocenters. The summed E-state index contributed by atoms with van der Waals surface area (Å²) in [6.07, 6.45) is 8.58. The lowest BCUT2D eigenvalue weighted by molar-refractivity contribution is 0.451. The molecule has 0 radical (unpaired) electrons. The molecule has 1 aromatic carbocycles. The molecule has 0 fully saturated rings. The number of halogens is 2. The fourth-order valence-electron chi connectivity index (χ4n) is 2.38. The van der Waals surface area contributed by atoms with Crippen LogP contribution in [-0.2, 0) is 6.42 Å². The van der Waals surface area contributed by atoms with Crippen molar-refractivity contribution in [2.75, 3.05) is 0 Å². The number of nitrogens with two attached hydrogens (primary N) is 1. The number of hydrazine groups is 1. The van der Waals surface area contributed by atoms with E-state index in [0.717, 1.165) is 18.9 Å². The summed E-state index contributed by atoms with van der Waals surface area (Å²) in [6.45, 7) is 2.20. The highest BCUT2D eigenvalue weighted by atomic mass is 19.1. The van der Waals surface area contributed by atoms with Crippen molar-refractivity contribution in [1.82, 2.24) is 5.43 Å². The maximum absolute atomic E-state index is 13.6. The molecule has 20 heavy (non-hydrogen) atoms. The van der Waals surface area contributed by atoms with Crippen molar-refractivity contribution in [1.29, 1.82) is 0 Å². The van der Waals surface area contributed by atoms with E-state index in [-0.39, 0.29) is 11.9 Å². The summed E-state index contributed by atoms with van der Waals surface area (Å²) in [5.41, 5.74) is 3.10. The van der Waals surface area contributed by atoms with Gasteiger partial charge in [-0.2, -0.15) is 0 Å². The molecule has 4 heteroatoms. The molecule has 1 atom stereocenters. The van der Waals surface area contributed by atoms with Crippen LogP contribution in [0, 0.1) is 11.6 Å². The third kappa shape index (κ3) is 6.44. The van der Waals surface area contributed by atoms with Gasteiger partial charge in [0.25, 0.3) is 0 Å². The summed E-state index contributed by atoms with van der Waals surface area (Å²) in [4.78, 5) is 0. The van der Waals surface area contributed by atoms with Gasteiger partial charge >= 0.3 is 0 Å². The number of unbranched alkanes of at least 4 members (excludes halogenated alkanes) is 5. The number of rotatable bonds is 10. The van der Waals surface area contributed by atoms with Crippen molar-refractivity contribution in [3.8, 4) is 0 Å². The normalized spacial score (nSPS) is 12.6. The molecule has 0 aliphatic rings. The number of hydrogen-bond donors (Lipinski definition) is 2. The predicted octanol–water partition coefficient (Wildman–Crippen LogP) is 4.09. The van der Waals surface area contributed by atoms with E-state index in [2.05, 4.69) is 12.3 Å². The largest absolute Gasteiger partial charge is 0.271 e. The van der Waals surface area contributed by atoms with Crippen molar-refractivity contribution in [2.24, 2.45) is 5.84 Å². The molecule has 1 aromatic rings. The molecule has 0 bridgehead atoms. The van der Waals surface area contributed by atoms with E-state index in [1.807, 2.05) is 0 Å². The Morgan fingerprint density at radius 2 is 1.80 bits per heavy atom. The third-order valence-corrected chi connectivity index (χ3v) is 3.62. The van der Waals surface area contributed by atoms with Gasteiger partial charge in [-0.1, -0.05) is 45.4 Å². The first-order valence-electron chi connectivity index (χ1n) is 7.57. The van der Waals surface area contributed by atoms with Crippen molar-refractivity contribution >= 4 is 0 Å². The van der Waals surface area contributed by atoms with Gasteiger partial charge in [0.1, 0.15) is 11.6 Å². The SMILES string of the molecule is CCCCCCCCC(Cc1cc(F)ccc1F)NN. The molecule has 0 heterocycles. The van der Waals surface area contributed by atoms with Crippen LogP contribution in [0.25, 0.3) is 0 Å². The molecule has 0 aromatic heterocycles. The lowest BCUT2D eigenvalue weighted by Gasteiger charge is -2.16. The number of hydrogen-bond acceptors (Lipinski definition) is 2. The van der Waals surface area contributed by atoms with E-state index in [9.17, 15) is 8.78 Å². The minimum Gasteiger partial charge on any atom is -0.271 e. The Hall–Kier alpha value is -1.00. The first-order valence-corrected chi connectivity index (χ1v) is 7.57. The van der Waals surface area contributed by atoms with Crippen LogP contribution in [-0.4, -0.2) is 6.04 Å². The Balaban J connectivity index is 2.33. The van der Waals surface area contributed by atoms with E-state index < -0.39 is 5.82 Å². The molecule has 0 aliphatic heterocycles. The molecule has 0 aliphatic carbocycles. The van der Waals surface area contributed by atoms with Gasteiger partial charge in [0.2, 0.25) is 0 Å². The summed E-state index contributed by atoms with van der Waals surface area (Å²) in [5, 5.41) is 0. The van der Waals surface area contributed by atoms with Crippen LogP contribution in [0.4, 0.5) is 8.78 Å². The van der Waals surface area contributed by atoms with Gasteiger partial charge in [-0.05, 0) is 36.6 Å². The second-order valence-electron chi connectivity index (χ2n) is 5.36. The highest BCUT2D eigenvalue weighted by Gasteiger charge is 2.11. The minimum absolute atomic E-state index is 0.00234. The van der Waals surface area contributed by atoms with Crippen molar-refractivity contribution in [3.05, 3.63) is 35.4 Å². The highest BCUT2D eigenvalue weighted by molar-refractivity contribution is 5.19. The van der Waals surface area contributed by atoms with E-state index in [1.165, 1.54) is 44.2 Å². The van der Waals surface area contributed by atoms with Gasteiger partial charge in [0, 0.05) is 6.04 Å². The summed E-state index contributed by atoms with van der Waals surface area (Å²) in [7, 11) is 0. The highest BCUT2D eigenvalue weighted by Crippen LogP contribution is 2.15. The lowest BCUT2D eigenvalue weighted by atomic mass is 9.99. The first kappa shape index (κ1) is 17.1. The summed E-state index contributed by atoms with van der Waals surface area (Å²) >= 11 is 0. The Labute approximate surface area is 120 Å². The maximum atomic E-state index is 13.6. The predicted molar refractivity (Wildman–Crippen MR) is 79.2 cm³/mol. The molecule has 0 amide bonds. The molecule has 114 valence electrons. The Kier molecular flexibility index (Phi) is 8.38. The van der Waals surface area contributed by atoms with Gasteiger partial charge in [-0.3, -0.25) is 11.3 Å². The molecule has 3 N–H and O–H groups in total. The first-order chi connectivity index (χ1) is 9.67. The standard InChI is InChI=1S/C16H26F2N2/c1-2-3-4-5-6-7-8-15(20-19)12-13-11-14(17)9-10-16(13)18/h9-11,15,20H,2-8,12,19H2,1H3. The van der Waals surface area contributed by atoms with E-state index in [1.54, 1.807) is 0 Å². The van der Waals surface area contributed by atoms with Crippen LogP contribution < -0.4 is 11.3 Å². The Morgan fingerprint density at radius 1 is 1.10 bits per heavy atom. The van der Waals surface area contributed by atoms with Crippen LogP contribution >= 0.6 is 0 Å². The lowest BCUT2D eigenvalue weighted by Crippen LogP contribution is -2.37. The average molecular weight is 284 g/mol. The number of benzene rings is 1. The van der Waals surface area contributed by atoms with Crippen LogP contribution in [0.1, 0.15) is 57.4 Å². The fourth-order valence-corrected chi connectivity index (χ4v) is 2.38. The van der Waals surface area contributed by atoms with E-state index >= 15 is 0 Å². The molecule has 2 nitrogen and oxygen atoms in total. The topological polar surface area (TPSA) is 38.0 Å². The quantitative estimate of drug-likeness (QED) is 0.386. The zero-order chi connectivity index (χ0) is 14.8. The average Bonchev–Trinajstić information content (AvgIpc) is 2.45. The van der Waals surface area contributed by atoms with Gasteiger partial charge in [0.15, 0.2) is 0 Å². The smallest absolute Gasteiger partial charge is 0.126 e. The monoisotopic (exact) mass is 284 g/mol. The zero-order valence-electron chi connectivity index (χ0n) is 12.3. The number of nitrogens with one attached hydrogen (secondary N) is 1. The van der Waals surface area contributed by atoms with Crippen molar-refractivity contribution < 1.29 is 8.78 Å². The third-order valence-electron chi connectivity index (χ3n) is 3.62. The summed E-state index contributed by atoms with van der Waals surface area (Å²) in [5.74, 6) is 4.73. The van der Waals surface area contributed by atoms with Crippen LogP contribution in [0.15, 0.2) is 18.2 Å². The zero-order valence-corrected chi connectivity index (χ0v) is 12.3. The molecular weight excluding hydrogens is 258 g/mol. The summed E-state index contributed by atoms with van der Waals surface area (Å²) in [6, 6.07) is 3.55. The van der Waals surface area contributed by atoms with Crippen LogP contribution in [0.5, 0.6) is 0 Å². The van der Waals surface area contributed by atoms with E-state index in [4.69, 9.17) is 5.84 Å². The van der Waals surface area contributed by atoms with Crippen LogP contribution in [0.3, 0.4) is 0 Å². The molecule has 0 spiro atoms. The van der Waals surface area contributed by atoms with Crippen molar-refractivity contribution in [3.63, 3.8) is 0 Å². The second-order valence-corrected chi connectivity index (χ2v) is 5.36. The minimum atomic E-state index is -0.406. The van der Waals surface area contributed by atoms with E-state index in [0.29, 0.717) is 12.0 Å². The molecule has 1 rings (SSSR count). The Morgan fingerprint density at radius 3 is 2.50 bits per heavy atom. The molecular formula is C16H26F2N2. The van der Waals surface area contributed by atoms with Gasteiger partial charge in [-0.15, -0.1) is 0 Å². The second kappa shape index (κ2) is 9.83. The van der Waals surface area contributed by atoms with Gasteiger partial charge in [-0.25, -0.2) is 8.78 Å². The summed E-state index contributed by atoms with van der Waals surface area (Å²) < 4.78 is 26.7. The van der Waals surface area contributed by atoms with Gasteiger partial charge in [0.05, 0.1) is 0 Å². The molecule has 0 saturated heterocycles. The molecule has 0 saturated carbocycles. The Bertz CT molecular complexity index is 383. The maximum Gasteiger partial charge on any atom is 0.126 e. The van der Waals surface area contributed by atoms with Gasteiger partial charge < -0.3 is 0 Å². The van der Waals surface area contributed by atoms with Crippen molar-refractivity contribution in [2.45, 2.75) is 64.3 Å². The fraction of sp³-hybridized carbons (Fsp3) is 0.625.